The highest BCUT2D eigenvalue weighted by molar-refractivity contribution is 8.13. The normalized spacial score (nSPS) is 26.4. The first kappa shape index (κ1) is 14.9. The molecule has 4 rings (SSSR count). The molecule has 1 unspecified atom stereocenters. The van der Waals surface area contributed by atoms with E-state index in [1.165, 1.54) is 16.4 Å². The lowest BCUT2D eigenvalue weighted by Crippen LogP contribution is -2.42. The van der Waals surface area contributed by atoms with E-state index >= 15 is 0 Å². The molecule has 1 fully saturated rings. The van der Waals surface area contributed by atoms with Gasteiger partial charge in [-0.1, -0.05) is 30.0 Å². The van der Waals surface area contributed by atoms with Crippen molar-refractivity contribution < 1.29 is 4.79 Å². The largest absolute Gasteiger partial charge is 0.314 e. The van der Waals surface area contributed by atoms with Crippen LogP contribution in [0.4, 0.5) is 0 Å². The number of carbonyl (C=O) groups is 1. The van der Waals surface area contributed by atoms with Crippen molar-refractivity contribution in [2.24, 2.45) is 10.9 Å². The number of hydrogen-bond acceptors (Lipinski definition) is 6. The minimum atomic E-state index is -0.286. The van der Waals surface area contributed by atoms with Gasteiger partial charge in [0.05, 0.1) is 4.88 Å². The summed E-state index contributed by atoms with van der Waals surface area (Å²) < 4.78 is 4.24. The maximum absolute atomic E-state index is 12.4. The zero-order chi connectivity index (χ0) is 15.7. The summed E-state index contributed by atoms with van der Waals surface area (Å²) in [6.45, 7) is 1.75. The Morgan fingerprint density at radius 2 is 2.17 bits per heavy atom. The van der Waals surface area contributed by atoms with E-state index in [0.29, 0.717) is 16.6 Å². The van der Waals surface area contributed by atoms with E-state index in [0.717, 1.165) is 18.8 Å². The summed E-state index contributed by atoms with van der Waals surface area (Å²) in [5.41, 5.74) is 0.362. The van der Waals surface area contributed by atoms with Gasteiger partial charge in [0, 0.05) is 36.5 Å². The quantitative estimate of drug-likeness (QED) is 0.875. The van der Waals surface area contributed by atoms with Crippen LogP contribution in [-0.2, 0) is 5.54 Å². The van der Waals surface area contributed by atoms with Crippen molar-refractivity contribution >= 4 is 34.4 Å². The average molecular weight is 344 g/mol. The molecule has 118 valence electrons. The molecular weight excluding hydrogens is 328 g/mol. The number of rotatable bonds is 2. The molecule has 0 spiro atoms. The van der Waals surface area contributed by atoms with Crippen molar-refractivity contribution in [3.8, 4) is 0 Å². The van der Waals surface area contributed by atoms with Crippen molar-refractivity contribution in [1.29, 1.82) is 0 Å². The summed E-state index contributed by atoms with van der Waals surface area (Å²) in [7, 11) is 0. The number of amidine groups is 1. The smallest absolute Gasteiger partial charge is 0.257 e. The summed E-state index contributed by atoms with van der Waals surface area (Å²) >= 11 is 3.12. The summed E-state index contributed by atoms with van der Waals surface area (Å²) in [4.78, 5) is 18.5. The van der Waals surface area contributed by atoms with Crippen LogP contribution in [0.15, 0.2) is 47.6 Å². The van der Waals surface area contributed by atoms with E-state index in [9.17, 15) is 4.79 Å². The Morgan fingerprint density at radius 1 is 1.30 bits per heavy atom. The third kappa shape index (κ3) is 2.69. The van der Waals surface area contributed by atoms with E-state index in [1.807, 2.05) is 42.6 Å². The minimum Gasteiger partial charge on any atom is -0.314 e. The maximum atomic E-state index is 12.4. The van der Waals surface area contributed by atoms with Crippen LogP contribution in [0, 0.1) is 5.92 Å². The molecule has 2 aromatic rings. The van der Waals surface area contributed by atoms with Crippen molar-refractivity contribution in [2.75, 3.05) is 18.8 Å². The lowest BCUT2D eigenvalue weighted by molar-refractivity contribution is 0.0977. The molecule has 2 aliphatic rings. The van der Waals surface area contributed by atoms with Crippen molar-refractivity contribution in [2.45, 2.75) is 5.54 Å². The molecule has 1 aromatic heterocycles. The predicted octanol–water partition coefficient (Wildman–Crippen LogP) is 2.09. The Morgan fingerprint density at radius 3 is 2.96 bits per heavy atom. The number of nitrogens with zero attached hydrogens (tertiary/aromatic N) is 2. The molecule has 2 aliphatic heterocycles. The molecule has 5 nitrogen and oxygen atoms in total. The third-order valence-corrected chi connectivity index (χ3v) is 6.25. The highest BCUT2D eigenvalue weighted by Gasteiger charge is 2.48. The summed E-state index contributed by atoms with van der Waals surface area (Å²) in [5.74, 6) is 1.27. The van der Waals surface area contributed by atoms with Gasteiger partial charge in [0.25, 0.3) is 5.91 Å². The van der Waals surface area contributed by atoms with Crippen LogP contribution in [-0.4, -0.2) is 34.3 Å². The Kier molecular flexibility index (Phi) is 3.92. The number of aliphatic imine (C=N–C) groups is 1. The van der Waals surface area contributed by atoms with Gasteiger partial charge in [-0.2, -0.15) is 0 Å². The molecule has 23 heavy (non-hydrogen) atoms. The fourth-order valence-electron chi connectivity index (χ4n) is 3.08. The number of thioether (sulfide) groups is 1. The van der Waals surface area contributed by atoms with Crippen LogP contribution in [0.5, 0.6) is 0 Å². The fourth-order valence-corrected chi connectivity index (χ4v) is 5.02. The monoisotopic (exact) mass is 344 g/mol. The van der Waals surface area contributed by atoms with E-state index in [-0.39, 0.29) is 11.4 Å². The number of fused-ring (bicyclic) bond motifs is 1. The molecule has 0 radical (unpaired) electrons. The Labute approximate surface area is 142 Å². The van der Waals surface area contributed by atoms with Crippen LogP contribution >= 0.6 is 23.3 Å². The Hall–Kier alpha value is -1.70. The van der Waals surface area contributed by atoms with Gasteiger partial charge < -0.3 is 10.6 Å². The van der Waals surface area contributed by atoms with Crippen molar-refractivity contribution in [3.63, 3.8) is 0 Å². The van der Waals surface area contributed by atoms with Gasteiger partial charge in [-0.05, 0) is 29.7 Å². The molecule has 0 aliphatic carbocycles. The average Bonchev–Trinajstić information content (AvgIpc) is 3.25. The van der Waals surface area contributed by atoms with Crippen LogP contribution in [0.2, 0.25) is 0 Å². The maximum Gasteiger partial charge on any atom is 0.257 e. The van der Waals surface area contributed by atoms with Crippen molar-refractivity contribution in [1.82, 2.24) is 15.0 Å². The second-order valence-corrected chi connectivity index (χ2v) is 7.52. The highest BCUT2D eigenvalue weighted by atomic mass is 32.2. The molecule has 3 heterocycles. The number of aromatic nitrogens is 1. The lowest BCUT2D eigenvalue weighted by Gasteiger charge is -2.34. The van der Waals surface area contributed by atoms with Gasteiger partial charge >= 0.3 is 0 Å². The molecule has 0 bridgehead atoms. The second-order valence-electron chi connectivity index (χ2n) is 5.68. The summed E-state index contributed by atoms with van der Waals surface area (Å²) in [6.07, 6.45) is 1.82. The number of carbonyl (C=O) groups excluding carboxylic acids is 1. The van der Waals surface area contributed by atoms with E-state index < -0.39 is 0 Å². The number of hydrogen-bond donors (Lipinski definition) is 2. The molecule has 2 atom stereocenters. The summed E-state index contributed by atoms with van der Waals surface area (Å²) in [6, 6.07) is 11.3. The van der Waals surface area contributed by atoms with Crippen LogP contribution in [0.3, 0.4) is 0 Å². The van der Waals surface area contributed by atoms with Gasteiger partial charge in [0.2, 0.25) is 0 Å². The van der Waals surface area contributed by atoms with Gasteiger partial charge in [-0.15, -0.1) is 0 Å². The van der Waals surface area contributed by atoms with E-state index in [2.05, 4.69) is 15.0 Å². The van der Waals surface area contributed by atoms with Gasteiger partial charge in [0.1, 0.15) is 5.54 Å². The Bertz CT molecular complexity index is 732. The first-order valence-electron chi connectivity index (χ1n) is 7.49. The van der Waals surface area contributed by atoms with Gasteiger partial charge in [0.15, 0.2) is 5.17 Å². The lowest BCUT2D eigenvalue weighted by atomic mass is 9.87. The summed E-state index contributed by atoms with van der Waals surface area (Å²) in [5, 5.41) is 7.11. The molecule has 1 saturated heterocycles. The molecular formula is C16H16N4OS2. The van der Waals surface area contributed by atoms with E-state index in [4.69, 9.17) is 4.99 Å². The Balaban J connectivity index is 1.62. The van der Waals surface area contributed by atoms with Gasteiger partial charge in [-0.3, -0.25) is 4.79 Å². The first-order chi connectivity index (χ1) is 11.3. The van der Waals surface area contributed by atoms with E-state index in [1.54, 1.807) is 11.8 Å². The number of benzene rings is 1. The molecule has 2 N–H and O–H groups in total. The number of amides is 1. The number of nitrogens with one attached hydrogen (secondary N) is 2. The standard InChI is InChI=1S/C16H16N4OS2/c21-14(11-4-2-1-3-5-11)19-15-20-16(13-6-7-18-23-13)10-17-8-12(16)9-22-15/h1-7,12,17H,8-10H2,(H,19,20,21)/t12-,16?/m0/s1. The molecule has 7 heteroatoms. The van der Waals surface area contributed by atoms with Crippen LogP contribution in [0.25, 0.3) is 0 Å². The van der Waals surface area contributed by atoms with Crippen molar-refractivity contribution in [3.05, 3.63) is 53.0 Å². The molecule has 1 aromatic carbocycles. The zero-order valence-electron chi connectivity index (χ0n) is 12.4. The van der Waals surface area contributed by atoms with Crippen LogP contribution < -0.4 is 10.6 Å². The molecule has 0 saturated carbocycles. The third-order valence-electron chi connectivity index (χ3n) is 4.30. The SMILES string of the molecule is O=C(NC1=NC2(c3ccns3)CNC[C@H]2CS1)c1ccccc1. The predicted molar refractivity (Wildman–Crippen MR) is 94.0 cm³/mol. The molecule has 1 amide bonds. The minimum absolute atomic E-state index is 0.110. The fraction of sp³-hybridized carbons (Fsp3) is 0.312. The highest BCUT2D eigenvalue weighted by Crippen LogP contribution is 2.43. The second kappa shape index (κ2) is 6.07. The topological polar surface area (TPSA) is 66.4 Å². The van der Waals surface area contributed by atoms with Crippen LogP contribution in [0.1, 0.15) is 15.2 Å². The van der Waals surface area contributed by atoms with Gasteiger partial charge in [-0.25, -0.2) is 9.37 Å². The zero-order valence-corrected chi connectivity index (χ0v) is 14.0. The first-order valence-corrected chi connectivity index (χ1v) is 9.25.